The van der Waals surface area contributed by atoms with Gasteiger partial charge in [-0.25, -0.2) is 9.59 Å². The Kier molecular flexibility index (Phi) is 4.75. The number of hydrogen-bond donors (Lipinski definition) is 2. The maximum Gasteiger partial charge on any atom is 0.335 e. The number of carboxylic acids is 2. The lowest BCUT2D eigenvalue weighted by Gasteiger charge is -2.43. The van der Waals surface area contributed by atoms with Crippen molar-refractivity contribution in [3.05, 3.63) is 70.8 Å². The van der Waals surface area contributed by atoms with Gasteiger partial charge >= 0.3 is 17.9 Å². The zero-order chi connectivity index (χ0) is 18.8. The molecule has 1 fully saturated rings. The number of carboxylic acid groups (broad SMARTS) is 2. The van der Waals surface area contributed by atoms with Gasteiger partial charge in [0.15, 0.2) is 0 Å². The third-order valence-electron chi connectivity index (χ3n) is 5.02. The molecule has 0 amide bonds. The molecular formula is C20H18O6. The van der Waals surface area contributed by atoms with Crippen LogP contribution in [0.2, 0.25) is 0 Å². The Bertz CT molecular complexity index is 774. The van der Waals surface area contributed by atoms with Gasteiger partial charge in [0.1, 0.15) is 0 Å². The van der Waals surface area contributed by atoms with E-state index in [1.165, 1.54) is 31.4 Å². The summed E-state index contributed by atoms with van der Waals surface area (Å²) in [6.45, 7) is 0. The minimum absolute atomic E-state index is 0.0607. The van der Waals surface area contributed by atoms with Gasteiger partial charge in [-0.15, -0.1) is 0 Å². The Hall–Kier alpha value is -3.15. The zero-order valence-electron chi connectivity index (χ0n) is 14.1. The second kappa shape index (κ2) is 7.00. The fourth-order valence-electron chi connectivity index (χ4n) is 3.55. The number of ether oxygens (including phenoxy) is 1. The molecule has 0 heterocycles. The van der Waals surface area contributed by atoms with Crippen LogP contribution in [0.1, 0.15) is 50.1 Å². The second-order valence-electron chi connectivity index (χ2n) is 6.35. The summed E-state index contributed by atoms with van der Waals surface area (Å²) in [6, 6.07) is 13.0. The molecule has 0 saturated heterocycles. The SMILES string of the molecule is COC(=O)C1C(c2ccc(C(=O)O)cc2)CC1c1ccc(C(=O)O)cc1. The standard InChI is InChI=1S/C20H18O6/c1-26-20(25)17-15(11-2-6-13(7-3-11)18(21)22)10-16(17)12-4-8-14(9-5-12)19(23)24/h2-9,15-17H,10H2,1H3,(H,21,22)(H,23,24). The van der Waals surface area contributed by atoms with Crippen LogP contribution in [-0.4, -0.2) is 35.2 Å². The molecule has 0 aliphatic heterocycles. The van der Waals surface area contributed by atoms with Crippen LogP contribution in [0.3, 0.4) is 0 Å². The van der Waals surface area contributed by atoms with Crippen LogP contribution >= 0.6 is 0 Å². The van der Waals surface area contributed by atoms with E-state index in [0.717, 1.165) is 11.1 Å². The van der Waals surface area contributed by atoms with Gasteiger partial charge in [0, 0.05) is 0 Å². The Morgan fingerprint density at radius 3 is 1.50 bits per heavy atom. The highest BCUT2D eigenvalue weighted by Gasteiger charge is 2.47. The normalized spacial score (nSPS) is 21.5. The molecule has 6 heteroatoms. The average molecular weight is 354 g/mol. The second-order valence-corrected chi connectivity index (χ2v) is 6.35. The van der Waals surface area contributed by atoms with E-state index in [-0.39, 0.29) is 34.8 Å². The van der Waals surface area contributed by atoms with Gasteiger partial charge in [-0.1, -0.05) is 24.3 Å². The highest BCUT2D eigenvalue weighted by atomic mass is 16.5. The fraction of sp³-hybridized carbons (Fsp3) is 0.250. The topological polar surface area (TPSA) is 101 Å². The molecule has 2 N–H and O–H groups in total. The first-order valence-corrected chi connectivity index (χ1v) is 8.16. The molecule has 1 aliphatic rings. The Balaban J connectivity index is 1.84. The van der Waals surface area contributed by atoms with Crippen LogP contribution in [0.25, 0.3) is 0 Å². The lowest BCUT2D eigenvalue weighted by atomic mass is 9.60. The van der Waals surface area contributed by atoms with Crippen molar-refractivity contribution in [2.24, 2.45) is 5.92 Å². The third kappa shape index (κ3) is 3.18. The summed E-state index contributed by atoms with van der Waals surface area (Å²) in [5.74, 6) is -2.82. The summed E-state index contributed by atoms with van der Waals surface area (Å²) in [6.07, 6.45) is 0.707. The van der Waals surface area contributed by atoms with Crippen molar-refractivity contribution in [2.75, 3.05) is 7.11 Å². The smallest absolute Gasteiger partial charge is 0.335 e. The van der Waals surface area contributed by atoms with Crippen molar-refractivity contribution in [1.82, 2.24) is 0 Å². The van der Waals surface area contributed by atoms with E-state index in [2.05, 4.69) is 0 Å². The predicted octanol–water partition coefficient (Wildman–Crippen LogP) is 3.14. The van der Waals surface area contributed by atoms with Crippen LogP contribution in [0.5, 0.6) is 0 Å². The molecule has 2 atom stereocenters. The number of hydrogen-bond acceptors (Lipinski definition) is 4. The molecule has 1 saturated carbocycles. The van der Waals surface area contributed by atoms with E-state index < -0.39 is 11.9 Å². The molecule has 6 nitrogen and oxygen atoms in total. The molecule has 2 unspecified atom stereocenters. The maximum absolute atomic E-state index is 12.3. The monoisotopic (exact) mass is 354 g/mol. The lowest BCUT2D eigenvalue weighted by Crippen LogP contribution is -2.39. The van der Waals surface area contributed by atoms with Crippen LogP contribution < -0.4 is 0 Å². The maximum atomic E-state index is 12.3. The van der Waals surface area contributed by atoms with E-state index in [1.807, 2.05) is 0 Å². The Morgan fingerprint density at radius 2 is 1.19 bits per heavy atom. The summed E-state index contributed by atoms with van der Waals surface area (Å²) < 4.78 is 4.95. The summed E-state index contributed by atoms with van der Waals surface area (Å²) >= 11 is 0. The highest BCUT2D eigenvalue weighted by molar-refractivity contribution is 5.88. The van der Waals surface area contributed by atoms with Crippen LogP contribution in [0, 0.1) is 5.92 Å². The average Bonchev–Trinajstić information content (AvgIpc) is 2.61. The number of carbonyl (C=O) groups is 3. The minimum Gasteiger partial charge on any atom is -0.478 e. The lowest BCUT2D eigenvalue weighted by molar-refractivity contribution is -0.150. The van der Waals surface area contributed by atoms with Gasteiger partial charge in [0.25, 0.3) is 0 Å². The van der Waals surface area contributed by atoms with Crippen molar-refractivity contribution in [3.8, 4) is 0 Å². The first-order valence-electron chi connectivity index (χ1n) is 8.16. The molecule has 2 aromatic carbocycles. The van der Waals surface area contributed by atoms with E-state index in [0.29, 0.717) is 6.42 Å². The van der Waals surface area contributed by atoms with Crippen molar-refractivity contribution in [2.45, 2.75) is 18.3 Å². The van der Waals surface area contributed by atoms with Gasteiger partial charge < -0.3 is 14.9 Å². The summed E-state index contributed by atoms with van der Waals surface area (Å²) in [7, 11) is 1.34. The number of methoxy groups -OCH3 is 1. The molecule has 134 valence electrons. The Labute approximate surface area is 150 Å². The number of esters is 1. The first-order chi connectivity index (χ1) is 12.4. The van der Waals surface area contributed by atoms with Crippen molar-refractivity contribution in [1.29, 1.82) is 0 Å². The van der Waals surface area contributed by atoms with Crippen LogP contribution in [0.4, 0.5) is 0 Å². The number of carbonyl (C=O) groups excluding carboxylic acids is 1. The van der Waals surface area contributed by atoms with Gasteiger partial charge in [0.05, 0.1) is 24.2 Å². The first kappa shape index (κ1) is 17.7. The van der Waals surface area contributed by atoms with E-state index >= 15 is 0 Å². The molecule has 2 aromatic rings. The predicted molar refractivity (Wildman–Crippen MR) is 92.4 cm³/mol. The van der Waals surface area contributed by atoms with Gasteiger partial charge in [-0.05, 0) is 53.6 Å². The molecule has 0 aromatic heterocycles. The minimum atomic E-state index is -0.994. The number of aromatic carboxylic acids is 2. The fourth-order valence-corrected chi connectivity index (χ4v) is 3.55. The Morgan fingerprint density at radius 1 is 0.808 bits per heavy atom. The molecule has 0 spiro atoms. The van der Waals surface area contributed by atoms with Gasteiger partial charge in [0.2, 0.25) is 0 Å². The van der Waals surface area contributed by atoms with Crippen LogP contribution in [0.15, 0.2) is 48.5 Å². The number of rotatable bonds is 5. The van der Waals surface area contributed by atoms with Crippen LogP contribution in [-0.2, 0) is 9.53 Å². The van der Waals surface area contributed by atoms with Crippen molar-refractivity contribution >= 4 is 17.9 Å². The van der Waals surface area contributed by atoms with E-state index in [1.54, 1.807) is 24.3 Å². The number of benzene rings is 2. The summed E-state index contributed by atoms with van der Waals surface area (Å²) in [5.41, 5.74) is 2.18. The zero-order valence-corrected chi connectivity index (χ0v) is 14.1. The quantitative estimate of drug-likeness (QED) is 0.800. The van der Waals surface area contributed by atoms with Crippen molar-refractivity contribution < 1.29 is 29.3 Å². The molecular weight excluding hydrogens is 336 g/mol. The molecule has 0 bridgehead atoms. The summed E-state index contributed by atoms with van der Waals surface area (Å²) in [5, 5.41) is 18.0. The van der Waals surface area contributed by atoms with Gasteiger partial charge in [-0.2, -0.15) is 0 Å². The largest absolute Gasteiger partial charge is 0.478 e. The van der Waals surface area contributed by atoms with E-state index in [4.69, 9.17) is 14.9 Å². The molecule has 1 aliphatic carbocycles. The van der Waals surface area contributed by atoms with Gasteiger partial charge in [-0.3, -0.25) is 4.79 Å². The highest BCUT2D eigenvalue weighted by Crippen LogP contribution is 2.53. The van der Waals surface area contributed by atoms with E-state index in [9.17, 15) is 14.4 Å². The third-order valence-corrected chi connectivity index (χ3v) is 5.02. The summed E-state index contributed by atoms with van der Waals surface area (Å²) in [4.78, 5) is 34.3. The molecule has 26 heavy (non-hydrogen) atoms. The van der Waals surface area contributed by atoms with Crippen molar-refractivity contribution in [3.63, 3.8) is 0 Å². The molecule has 3 rings (SSSR count). The molecule has 0 radical (unpaired) electrons.